The number of imidazole rings is 1. The molecule has 1 heterocycles. The highest BCUT2D eigenvalue weighted by Crippen LogP contribution is 1.88. The molecule has 0 unspecified atom stereocenters. The van der Waals surface area contributed by atoms with Crippen molar-refractivity contribution < 1.29 is 9.36 Å². The Morgan fingerprint density at radius 3 is 3.15 bits per heavy atom. The van der Waals surface area contributed by atoms with E-state index >= 15 is 0 Å². The van der Waals surface area contributed by atoms with E-state index < -0.39 is 0 Å². The molecule has 0 aromatic carbocycles. The second-order valence-corrected chi connectivity index (χ2v) is 2.72. The van der Waals surface area contributed by atoms with Crippen LogP contribution >= 0.6 is 0 Å². The van der Waals surface area contributed by atoms with E-state index in [1.54, 1.807) is 0 Å². The first kappa shape index (κ1) is 9.51. The summed E-state index contributed by atoms with van der Waals surface area (Å²) in [7, 11) is 0. The molecular weight excluding hydrogens is 166 g/mol. The van der Waals surface area contributed by atoms with Gasteiger partial charge in [-0.2, -0.15) is 0 Å². The van der Waals surface area contributed by atoms with Crippen LogP contribution < -0.4 is 9.88 Å². The number of rotatable bonds is 5. The minimum Gasteiger partial charge on any atom is -0.333 e. The number of aromatic nitrogens is 2. The predicted octanol–water partition coefficient (Wildman–Crippen LogP) is 0.342. The lowest BCUT2D eigenvalue weighted by Gasteiger charge is -1.97. The van der Waals surface area contributed by atoms with Crippen LogP contribution in [-0.2, 0) is 11.3 Å². The number of carbonyl (C=O) groups is 1. The molecule has 1 aromatic rings. The van der Waals surface area contributed by atoms with E-state index in [0.717, 1.165) is 13.0 Å². The lowest BCUT2D eigenvalue weighted by atomic mass is 10.3. The van der Waals surface area contributed by atoms with Gasteiger partial charge in [0.2, 0.25) is 12.2 Å². The first-order valence-electron chi connectivity index (χ1n) is 4.25. The highest BCUT2D eigenvalue weighted by molar-refractivity contribution is 5.76. The molecule has 0 aliphatic heterocycles. The van der Waals surface area contributed by atoms with Gasteiger partial charge < -0.3 is 5.32 Å². The normalized spacial score (nSPS) is 9.54. The van der Waals surface area contributed by atoms with Crippen LogP contribution in [0.25, 0.3) is 0 Å². The van der Waals surface area contributed by atoms with Gasteiger partial charge in [0, 0.05) is 6.42 Å². The standard InChI is InChI=1S/C9H13N3O/c1-2-11-9(13)4-3-6-12-7-5-10-8-12/h2,5,7-8H,1,3-4,6H2,(H,11,13)/p+1. The molecule has 70 valence electrons. The number of hydrogen-bond acceptors (Lipinski definition) is 1. The van der Waals surface area contributed by atoms with Crippen LogP contribution in [0.5, 0.6) is 0 Å². The second-order valence-electron chi connectivity index (χ2n) is 2.72. The van der Waals surface area contributed by atoms with E-state index in [2.05, 4.69) is 16.9 Å². The molecule has 2 N–H and O–H groups in total. The van der Waals surface area contributed by atoms with Crippen LogP contribution in [0.1, 0.15) is 12.8 Å². The molecule has 4 nitrogen and oxygen atoms in total. The summed E-state index contributed by atoms with van der Waals surface area (Å²) in [6.45, 7) is 4.27. The average molecular weight is 180 g/mol. The van der Waals surface area contributed by atoms with Crippen molar-refractivity contribution in [1.29, 1.82) is 0 Å². The molecule has 0 bridgehead atoms. The third-order valence-electron chi connectivity index (χ3n) is 1.69. The van der Waals surface area contributed by atoms with E-state index in [1.807, 2.05) is 23.3 Å². The number of amides is 1. The third-order valence-corrected chi connectivity index (χ3v) is 1.69. The molecule has 4 heteroatoms. The molecule has 0 atom stereocenters. The van der Waals surface area contributed by atoms with E-state index in [9.17, 15) is 4.79 Å². The van der Waals surface area contributed by atoms with Crippen molar-refractivity contribution in [2.75, 3.05) is 0 Å². The van der Waals surface area contributed by atoms with Crippen LogP contribution in [0, 0.1) is 0 Å². The van der Waals surface area contributed by atoms with Crippen molar-refractivity contribution in [3.05, 3.63) is 31.5 Å². The summed E-state index contributed by atoms with van der Waals surface area (Å²) in [6.07, 6.45) is 8.43. The lowest BCUT2D eigenvalue weighted by molar-refractivity contribution is -0.695. The Kier molecular flexibility index (Phi) is 3.75. The van der Waals surface area contributed by atoms with E-state index in [0.29, 0.717) is 6.42 Å². The lowest BCUT2D eigenvalue weighted by Crippen LogP contribution is -2.31. The Hall–Kier alpha value is -1.58. The van der Waals surface area contributed by atoms with Crippen LogP contribution in [-0.4, -0.2) is 10.9 Å². The minimum absolute atomic E-state index is 0.0196. The molecule has 0 aliphatic rings. The SMILES string of the molecule is C=CNC(=O)CCC[n+]1cc[nH]c1. The van der Waals surface area contributed by atoms with E-state index in [-0.39, 0.29) is 5.91 Å². The summed E-state index contributed by atoms with van der Waals surface area (Å²) in [6, 6.07) is 0. The Bertz CT molecular complexity index is 266. The summed E-state index contributed by atoms with van der Waals surface area (Å²) >= 11 is 0. The largest absolute Gasteiger partial charge is 0.333 e. The molecule has 0 fully saturated rings. The summed E-state index contributed by atoms with van der Waals surface area (Å²) in [5.74, 6) is 0.0196. The average Bonchev–Trinajstić information content (AvgIpc) is 2.57. The number of carbonyl (C=O) groups excluding carboxylic acids is 1. The maximum Gasteiger partial charge on any atom is 0.241 e. The number of H-pyrrole nitrogens is 1. The van der Waals surface area contributed by atoms with E-state index in [1.165, 1.54) is 6.20 Å². The number of aryl methyl sites for hydroxylation is 1. The first-order chi connectivity index (χ1) is 6.33. The van der Waals surface area contributed by atoms with Gasteiger partial charge in [-0.15, -0.1) is 0 Å². The van der Waals surface area contributed by atoms with Crippen LogP contribution in [0.2, 0.25) is 0 Å². The van der Waals surface area contributed by atoms with Crippen LogP contribution in [0.3, 0.4) is 0 Å². The highest BCUT2D eigenvalue weighted by Gasteiger charge is 2.00. The van der Waals surface area contributed by atoms with Gasteiger partial charge in [-0.1, -0.05) is 6.58 Å². The minimum atomic E-state index is 0.0196. The molecule has 1 amide bonds. The number of aromatic amines is 1. The first-order valence-corrected chi connectivity index (χ1v) is 4.25. The van der Waals surface area contributed by atoms with Gasteiger partial charge in [0.05, 0.1) is 6.54 Å². The van der Waals surface area contributed by atoms with Crippen molar-refractivity contribution in [2.24, 2.45) is 0 Å². The summed E-state index contributed by atoms with van der Waals surface area (Å²) in [5, 5.41) is 2.53. The van der Waals surface area contributed by atoms with Gasteiger partial charge in [0.1, 0.15) is 12.4 Å². The molecule has 1 rings (SSSR count). The van der Waals surface area contributed by atoms with Gasteiger partial charge in [-0.25, -0.2) is 4.57 Å². The van der Waals surface area contributed by atoms with Crippen molar-refractivity contribution in [3.8, 4) is 0 Å². The van der Waals surface area contributed by atoms with Gasteiger partial charge in [0.25, 0.3) is 0 Å². The molecule has 0 radical (unpaired) electrons. The number of nitrogens with one attached hydrogen (secondary N) is 2. The summed E-state index contributed by atoms with van der Waals surface area (Å²) < 4.78 is 2.00. The Balaban J connectivity index is 2.14. The molecule has 13 heavy (non-hydrogen) atoms. The van der Waals surface area contributed by atoms with Crippen LogP contribution in [0.4, 0.5) is 0 Å². The second kappa shape index (κ2) is 5.13. The molecule has 0 spiro atoms. The fourth-order valence-electron chi connectivity index (χ4n) is 1.07. The van der Waals surface area contributed by atoms with Crippen molar-refractivity contribution in [2.45, 2.75) is 19.4 Å². The molecule has 1 aromatic heterocycles. The van der Waals surface area contributed by atoms with Crippen molar-refractivity contribution in [3.63, 3.8) is 0 Å². The van der Waals surface area contributed by atoms with Gasteiger partial charge in [0.15, 0.2) is 0 Å². The summed E-state index contributed by atoms with van der Waals surface area (Å²) in [5.41, 5.74) is 0. The van der Waals surface area contributed by atoms with E-state index in [4.69, 9.17) is 0 Å². The molecule has 0 saturated carbocycles. The maximum absolute atomic E-state index is 11.0. The van der Waals surface area contributed by atoms with Crippen LogP contribution in [0.15, 0.2) is 31.5 Å². The molecule has 0 aliphatic carbocycles. The van der Waals surface area contributed by atoms with Gasteiger partial charge >= 0.3 is 0 Å². The Morgan fingerprint density at radius 1 is 1.69 bits per heavy atom. The zero-order valence-electron chi connectivity index (χ0n) is 7.49. The summed E-state index contributed by atoms with van der Waals surface area (Å²) in [4.78, 5) is 13.9. The Labute approximate surface area is 77.3 Å². The Morgan fingerprint density at radius 2 is 2.54 bits per heavy atom. The van der Waals surface area contributed by atoms with Gasteiger partial charge in [-0.05, 0) is 12.6 Å². The topological polar surface area (TPSA) is 48.8 Å². The monoisotopic (exact) mass is 180 g/mol. The fraction of sp³-hybridized carbons (Fsp3) is 0.333. The van der Waals surface area contributed by atoms with Crippen molar-refractivity contribution >= 4 is 5.91 Å². The van der Waals surface area contributed by atoms with Gasteiger partial charge in [-0.3, -0.25) is 9.78 Å². The molecule has 0 saturated heterocycles. The highest BCUT2D eigenvalue weighted by atomic mass is 16.1. The van der Waals surface area contributed by atoms with Crippen molar-refractivity contribution in [1.82, 2.24) is 10.3 Å². The molecular formula is C9H14N3O+. The number of hydrogen-bond donors (Lipinski definition) is 2. The number of nitrogens with zero attached hydrogens (tertiary/aromatic N) is 1. The zero-order chi connectivity index (χ0) is 9.52. The smallest absolute Gasteiger partial charge is 0.241 e. The third kappa shape index (κ3) is 3.55. The predicted molar refractivity (Wildman–Crippen MR) is 48.6 cm³/mol. The maximum atomic E-state index is 11.0. The zero-order valence-corrected chi connectivity index (χ0v) is 7.49. The fourth-order valence-corrected chi connectivity index (χ4v) is 1.07. The quantitative estimate of drug-likeness (QED) is 0.631.